The Morgan fingerprint density at radius 1 is 1.06 bits per heavy atom. The van der Waals surface area contributed by atoms with Gasteiger partial charge >= 0.3 is 0 Å². The molecule has 90 valence electrons. The zero-order valence-corrected chi connectivity index (χ0v) is 11.5. The zero-order chi connectivity index (χ0) is 12.3. The molecule has 17 heavy (non-hydrogen) atoms. The molecule has 2 aromatic rings. The smallest absolute Gasteiger partial charge is 0.0494 e. The molecule has 0 aliphatic rings. The van der Waals surface area contributed by atoms with E-state index in [0.29, 0.717) is 0 Å². The predicted octanol–water partition coefficient (Wildman–Crippen LogP) is 4.54. The van der Waals surface area contributed by atoms with Gasteiger partial charge in [0.1, 0.15) is 0 Å². The molecule has 0 saturated carbocycles. The van der Waals surface area contributed by atoms with Gasteiger partial charge < -0.3 is 5.32 Å². The summed E-state index contributed by atoms with van der Waals surface area (Å²) in [5.41, 5.74) is 3.86. The summed E-state index contributed by atoms with van der Waals surface area (Å²) in [6.45, 7) is 7.40. The fourth-order valence-electron chi connectivity index (χ4n) is 1.82. The molecule has 0 aliphatic heterocycles. The maximum absolute atomic E-state index is 3.52. The van der Waals surface area contributed by atoms with E-state index in [-0.39, 0.29) is 0 Å². The number of nitrogens with one attached hydrogen (secondary N) is 1. The average Bonchev–Trinajstić information content (AvgIpc) is 2.78. The summed E-state index contributed by atoms with van der Waals surface area (Å²) < 4.78 is 0. The number of thiophene rings is 1. The van der Waals surface area contributed by atoms with Crippen molar-refractivity contribution < 1.29 is 0 Å². The van der Waals surface area contributed by atoms with Crippen molar-refractivity contribution in [2.24, 2.45) is 0 Å². The Hall–Kier alpha value is -1.28. The van der Waals surface area contributed by atoms with Crippen molar-refractivity contribution in [1.82, 2.24) is 0 Å². The van der Waals surface area contributed by atoms with Gasteiger partial charge in [-0.25, -0.2) is 0 Å². The second-order valence-corrected chi connectivity index (χ2v) is 5.65. The van der Waals surface area contributed by atoms with Crippen LogP contribution in [-0.2, 0) is 13.0 Å². The van der Waals surface area contributed by atoms with Gasteiger partial charge in [-0.05, 0) is 49.6 Å². The van der Waals surface area contributed by atoms with Gasteiger partial charge in [-0.3, -0.25) is 0 Å². The van der Waals surface area contributed by atoms with Crippen LogP contribution in [0.25, 0.3) is 0 Å². The standard InChI is InChI=1S/C15H19NS/c1-4-13-7-8-14(17-13)10-16-15-9-11(2)5-6-12(15)3/h5-9,16H,4,10H2,1-3H3. The molecule has 2 rings (SSSR count). The Bertz CT molecular complexity index is 499. The van der Waals surface area contributed by atoms with Crippen molar-refractivity contribution in [2.75, 3.05) is 5.32 Å². The van der Waals surface area contributed by atoms with Gasteiger partial charge in [-0.1, -0.05) is 19.1 Å². The maximum atomic E-state index is 3.52. The lowest BCUT2D eigenvalue weighted by Gasteiger charge is -2.09. The number of anilines is 1. The Kier molecular flexibility index (Phi) is 3.85. The highest BCUT2D eigenvalue weighted by Gasteiger charge is 2.01. The Labute approximate surface area is 108 Å². The van der Waals surface area contributed by atoms with Crippen LogP contribution in [-0.4, -0.2) is 0 Å². The molecule has 0 aliphatic carbocycles. The minimum absolute atomic E-state index is 0.926. The molecule has 1 aromatic heterocycles. The largest absolute Gasteiger partial charge is 0.380 e. The molecule has 0 bridgehead atoms. The molecular weight excluding hydrogens is 226 g/mol. The third-order valence-corrected chi connectivity index (χ3v) is 4.14. The van der Waals surface area contributed by atoms with E-state index in [4.69, 9.17) is 0 Å². The van der Waals surface area contributed by atoms with E-state index < -0.39 is 0 Å². The van der Waals surface area contributed by atoms with Crippen molar-refractivity contribution in [3.8, 4) is 0 Å². The molecule has 0 unspecified atom stereocenters. The number of hydrogen-bond donors (Lipinski definition) is 1. The summed E-state index contributed by atoms with van der Waals surface area (Å²) in [6, 6.07) is 11.0. The molecule has 1 N–H and O–H groups in total. The summed E-state index contributed by atoms with van der Waals surface area (Å²) in [5, 5.41) is 3.52. The van der Waals surface area contributed by atoms with E-state index in [1.54, 1.807) is 0 Å². The Balaban J connectivity index is 2.04. The van der Waals surface area contributed by atoms with Crippen molar-refractivity contribution in [1.29, 1.82) is 0 Å². The lowest BCUT2D eigenvalue weighted by molar-refractivity contribution is 1.17. The Morgan fingerprint density at radius 2 is 1.82 bits per heavy atom. The van der Waals surface area contributed by atoms with Gasteiger partial charge in [0, 0.05) is 22.0 Å². The van der Waals surface area contributed by atoms with Gasteiger partial charge in [0.25, 0.3) is 0 Å². The summed E-state index contributed by atoms with van der Waals surface area (Å²) in [7, 11) is 0. The summed E-state index contributed by atoms with van der Waals surface area (Å²) >= 11 is 1.90. The number of aryl methyl sites for hydroxylation is 3. The second-order valence-electron chi connectivity index (χ2n) is 4.39. The van der Waals surface area contributed by atoms with Crippen LogP contribution < -0.4 is 5.32 Å². The predicted molar refractivity (Wildman–Crippen MR) is 76.9 cm³/mol. The lowest BCUT2D eigenvalue weighted by atomic mass is 10.1. The highest BCUT2D eigenvalue weighted by molar-refractivity contribution is 7.12. The van der Waals surface area contributed by atoms with Crippen molar-refractivity contribution in [2.45, 2.75) is 33.7 Å². The van der Waals surface area contributed by atoms with Crippen LogP contribution >= 0.6 is 11.3 Å². The second kappa shape index (κ2) is 5.37. The van der Waals surface area contributed by atoms with Gasteiger partial charge in [0.15, 0.2) is 0 Å². The molecule has 1 aromatic carbocycles. The minimum atomic E-state index is 0.926. The van der Waals surface area contributed by atoms with Crippen LogP contribution in [0.5, 0.6) is 0 Å². The highest BCUT2D eigenvalue weighted by atomic mass is 32.1. The van der Waals surface area contributed by atoms with Gasteiger partial charge in [0.05, 0.1) is 0 Å². The van der Waals surface area contributed by atoms with Gasteiger partial charge in [-0.2, -0.15) is 0 Å². The zero-order valence-electron chi connectivity index (χ0n) is 10.7. The van der Waals surface area contributed by atoms with Crippen molar-refractivity contribution >= 4 is 17.0 Å². The summed E-state index contributed by atoms with van der Waals surface area (Å²) in [6.07, 6.45) is 1.13. The van der Waals surface area contributed by atoms with E-state index in [1.165, 1.54) is 26.6 Å². The summed E-state index contributed by atoms with van der Waals surface area (Å²) in [4.78, 5) is 2.87. The average molecular weight is 245 g/mol. The summed E-state index contributed by atoms with van der Waals surface area (Å²) in [5.74, 6) is 0. The molecular formula is C15H19NS. The number of rotatable bonds is 4. The fraction of sp³-hybridized carbons (Fsp3) is 0.333. The minimum Gasteiger partial charge on any atom is -0.380 e. The third-order valence-electron chi connectivity index (χ3n) is 2.91. The van der Waals surface area contributed by atoms with E-state index in [0.717, 1.165) is 13.0 Å². The Morgan fingerprint density at radius 3 is 2.53 bits per heavy atom. The van der Waals surface area contributed by atoms with Crippen LogP contribution in [0, 0.1) is 13.8 Å². The van der Waals surface area contributed by atoms with E-state index in [9.17, 15) is 0 Å². The van der Waals surface area contributed by atoms with Crippen molar-refractivity contribution in [3.63, 3.8) is 0 Å². The van der Waals surface area contributed by atoms with Crippen LogP contribution in [0.1, 0.15) is 27.8 Å². The van der Waals surface area contributed by atoms with E-state index >= 15 is 0 Å². The molecule has 0 atom stereocenters. The van der Waals surface area contributed by atoms with Gasteiger partial charge in [-0.15, -0.1) is 11.3 Å². The number of hydrogen-bond acceptors (Lipinski definition) is 2. The van der Waals surface area contributed by atoms with E-state index in [2.05, 4.69) is 56.4 Å². The molecule has 1 heterocycles. The first kappa shape index (κ1) is 12.2. The first-order chi connectivity index (χ1) is 8.19. The molecule has 1 nitrogen and oxygen atoms in total. The first-order valence-corrected chi connectivity index (χ1v) is 6.89. The molecule has 2 heteroatoms. The monoisotopic (exact) mass is 245 g/mol. The van der Waals surface area contributed by atoms with Crippen LogP contribution in [0.4, 0.5) is 5.69 Å². The molecule has 0 fully saturated rings. The normalized spacial score (nSPS) is 10.5. The quantitative estimate of drug-likeness (QED) is 0.834. The van der Waals surface area contributed by atoms with E-state index in [1.807, 2.05) is 11.3 Å². The molecule has 0 saturated heterocycles. The first-order valence-electron chi connectivity index (χ1n) is 6.07. The van der Waals surface area contributed by atoms with Crippen LogP contribution in [0.15, 0.2) is 30.3 Å². The number of benzene rings is 1. The molecule has 0 amide bonds. The topological polar surface area (TPSA) is 12.0 Å². The molecule has 0 radical (unpaired) electrons. The highest BCUT2D eigenvalue weighted by Crippen LogP contribution is 2.21. The fourth-order valence-corrected chi connectivity index (χ4v) is 2.71. The third kappa shape index (κ3) is 3.10. The molecule has 0 spiro atoms. The van der Waals surface area contributed by atoms with Crippen molar-refractivity contribution in [3.05, 3.63) is 51.2 Å². The maximum Gasteiger partial charge on any atom is 0.0494 e. The lowest BCUT2D eigenvalue weighted by Crippen LogP contribution is -1.99. The van der Waals surface area contributed by atoms with Gasteiger partial charge in [0.2, 0.25) is 0 Å². The SMILES string of the molecule is CCc1ccc(CNc2cc(C)ccc2C)s1. The van der Waals surface area contributed by atoms with Crippen LogP contribution in [0.2, 0.25) is 0 Å². The van der Waals surface area contributed by atoms with Crippen LogP contribution in [0.3, 0.4) is 0 Å².